The second kappa shape index (κ2) is 4.95. The van der Waals surface area contributed by atoms with Crippen molar-refractivity contribution < 1.29 is 0 Å². The summed E-state index contributed by atoms with van der Waals surface area (Å²) in [4.78, 5) is 2.35. The molecule has 5 nitrogen and oxygen atoms in total. The molecule has 0 spiro atoms. The number of aromatic nitrogens is 2. The molecule has 2 heterocycles. The number of hydrogen-bond acceptors (Lipinski definition) is 4. The highest BCUT2D eigenvalue weighted by molar-refractivity contribution is 5.14. The molecule has 0 aromatic carbocycles. The van der Waals surface area contributed by atoms with E-state index < -0.39 is 0 Å². The molecule has 0 atom stereocenters. The zero-order valence-corrected chi connectivity index (χ0v) is 10.4. The summed E-state index contributed by atoms with van der Waals surface area (Å²) >= 11 is 0. The molecule has 0 bridgehead atoms. The van der Waals surface area contributed by atoms with Gasteiger partial charge < -0.3 is 4.90 Å². The van der Waals surface area contributed by atoms with E-state index in [0.29, 0.717) is 0 Å². The Labute approximate surface area is 97.0 Å². The fourth-order valence-electron chi connectivity index (χ4n) is 1.98. The Morgan fingerprint density at radius 1 is 1.25 bits per heavy atom. The Kier molecular flexibility index (Phi) is 3.58. The van der Waals surface area contributed by atoms with Gasteiger partial charge in [0.05, 0.1) is 5.69 Å². The first-order chi connectivity index (χ1) is 7.65. The number of nitrogens with zero attached hydrogens (tertiary/aromatic N) is 4. The number of piperazine rings is 1. The van der Waals surface area contributed by atoms with Crippen molar-refractivity contribution in [1.29, 1.82) is 0 Å². The predicted molar refractivity (Wildman–Crippen MR) is 63.9 cm³/mol. The zero-order chi connectivity index (χ0) is 11.5. The molecule has 0 saturated carbocycles. The van der Waals surface area contributed by atoms with Crippen LogP contribution >= 0.6 is 0 Å². The van der Waals surface area contributed by atoms with Gasteiger partial charge in [-0.05, 0) is 14.0 Å². The highest BCUT2D eigenvalue weighted by atomic mass is 15.5. The minimum Gasteiger partial charge on any atom is -0.304 e. The SMILES string of the molecule is Cc1nn(C)cc1CNN1CCN(C)CC1. The van der Waals surface area contributed by atoms with Crippen LogP contribution in [0, 0.1) is 6.92 Å². The van der Waals surface area contributed by atoms with Gasteiger partial charge in [-0.25, -0.2) is 5.01 Å². The molecular weight excluding hydrogens is 202 g/mol. The standard InChI is InChI=1S/C11H21N5/c1-10-11(9-15(3)13-10)8-12-16-6-4-14(2)5-7-16/h9,12H,4-8H2,1-3H3. The molecule has 2 rings (SSSR count). The number of aryl methyl sites for hydroxylation is 2. The third kappa shape index (κ3) is 2.81. The fraction of sp³-hybridized carbons (Fsp3) is 0.727. The topological polar surface area (TPSA) is 36.3 Å². The Hall–Kier alpha value is -0.910. The minimum absolute atomic E-state index is 0.878. The maximum absolute atomic E-state index is 4.34. The highest BCUT2D eigenvalue weighted by Crippen LogP contribution is 2.04. The zero-order valence-electron chi connectivity index (χ0n) is 10.4. The molecule has 0 radical (unpaired) electrons. The van der Waals surface area contributed by atoms with Gasteiger partial charge in [-0.2, -0.15) is 5.10 Å². The number of rotatable bonds is 3. The van der Waals surface area contributed by atoms with Gasteiger partial charge >= 0.3 is 0 Å². The Bertz CT molecular complexity index is 338. The fourth-order valence-corrected chi connectivity index (χ4v) is 1.98. The van der Waals surface area contributed by atoms with Crippen LogP contribution in [0.2, 0.25) is 0 Å². The third-order valence-electron chi connectivity index (χ3n) is 3.11. The van der Waals surface area contributed by atoms with Gasteiger partial charge in [-0.1, -0.05) is 0 Å². The van der Waals surface area contributed by atoms with Crippen LogP contribution in [0.3, 0.4) is 0 Å². The summed E-state index contributed by atoms with van der Waals surface area (Å²) < 4.78 is 1.87. The Balaban J connectivity index is 1.81. The molecule has 1 aromatic rings. The van der Waals surface area contributed by atoms with Crippen molar-refractivity contribution >= 4 is 0 Å². The van der Waals surface area contributed by atoms with E-state index in [4.69, 9.17) is 0 Å². The second-order valence-corrected chi connectivity index (χ2v) is 4.54. The maximum atomic E-state index is 4.34. The number of hydrazine groups is 1. The van der Waals surface area contributed by atoms with Gasteiger partial charge in [0.2, 0.25) is 0 Å². The number of nitrogens with one attached hydrogen (secondary N) is 1. The van der Waals surface area contributed by atoms with Crippen molar-refractivity contribution in [3.05, 3.63) is 17.5 Å². The smallest absolute Gasteiger partial charge is 0.0639 e. The molecule has 16 heavy (non-hydrogen) atoms. The molecule has 1 saturated heterocycles. The Morgan fingerprint density at radius 2 is 1.94 bits per heavy atom. The molecule has 1 N–H and O–H groups in total. The average Bonchev–Trinajstić information content (AvgIpc) is 2.57. The Morgan fingerprint density at radius 3 is 2.50 bits per heavy atom. The van der Waals surface area contributed by atoms with E-state index in [-0.39, 0.29) is 0 Å². The lowest BCUT2D eigenvalue weighted by Crippen LogP contribution is -2.50. The summed E-state index contributed by atoms with van der Waals surface area (Å²) in [6.45, 7) is 7.40. The quantitative estimate of drug-likeness (QED) is 0.781. The first-order valence-corrected chi connectivity index (χ1v) is 5.81. The highest BCUT2D eigenvalue weighted by Gasteiger charge is 2.13. The minimum atomic E-state index is 0.878. The van der Waals surface area contributed by atoms with Crippen molar-refractivity contribution in [2.45, 2.75) is 13.5 Å². The number of likely N-dealkylation sites (N-methyl/N-ethyl adjacent to an activating group) is 1. The van der Waals surface area contributed by atoms with E-state index in [1.165, 1.54) is 5.56 Å². The van der Waals surface area contributed by atoms with Crippen LogP contribution in [-0.4, -0.2) is 52.9 Å². The van der Waals surface area contributed by atoms with E-state index in [9.17, 15) is 0 Å². The van der Waals surface area contributed by atoms with Crippen molar-refractivity contribution in [3.8, 4) is 0 Å². The molecule has 1 aromatic heterocycles. The molecule has 1 aliphatic rings. The van der Waals surface area contributed by atoms with E-state index >= 15 is 0 Å². The van der Waals surface area contributed by atoms with Gasteiger partial charge in [0.15, 0.2) is 0 Å². The van der Waals surface area contributed by atoms with Gasteiger partial charge in [0.25, 0.3) is 0 Å². The summed E-state index contributed by atoms with van der Waals surface area (Å²) in [5, 5.41) is 6.63. The maximum Gasteiger partial charge on any atom is 0.0639 e. The van der Waals surface area contributed by atoms with Crippen molar-refractivity contribution in [3.63, 3.8) is 0 Å². The van der Waals surface area contributed by atoms with Crippen molar-refractivity contribution in [1.82, 2.24) is 25.1 Å². The molecule has 90 valence electrons. The summed E-state index contributed by atoms with van der Waals surface area (Å²) in [5.74, 6) is 0. The summed E-state index contributed by atoms with van der Waals surface area (Å²) in [7, 11) is 4.13. The largest absolute Gasteiger partial charge is 0.304 e. The van der Waals surface area contributed by atoms with E-state index in [1.54, 1.807) is 0 Å². The molecule has 0 aliphatic carbocycles. The summed E-state index contributed by atoms with van der Waals surface area (Å²) in [5.41, 5.74) is 5.86. The van der Waals surface area contributed by atoms with Crippen LogP contribution < -0.4 is 5.43 Å². The molecule has 1 fully saturated rings. The lowest BCUT2D eigenvalue weighted by molar-refractivity contribution is 0.102. The molecule has 0 unspecified atom stereocenters. The second-order valence-electron chi connectivity index (χ2n) is 4.54. The van der Waals surface area contributed by atoms with Gasteiger partial charge in [0, 0.05) is 51.5 Å². The predicted octanol–water partition coefficient (Wildman–Crippen LogP) is -0.0195. The van der Waals surface area contributed by atoms with Gasteiger partial charge in [0.1, 0.15) is 0 Å². The lowest BCUT2D eigenvalue weighted by Gasteiger charge is -2.32. The lowest BCUT2D eigenvalue weighted by atomic mass is 10.3. The van der Waals surface area contributed by atoms with E-state index in [0.717, 1.165) is 38.4 Å². The van der Waals surface area contributed by atoms with Crippen LogP contribution in [-0.2, 0) is 13.6 Å². The van der Waals surface area contributed by atoms with E-state index in [2.05, 4.69) is 40.6 Å². The number of hydrogen-bond donors (Lipinski definition) is 1. The first-order valence-electron chi connectivity index (χ1n) is 5.81. The van der Waals surface area contributed by atoms with Crippen molar-refractivity contribution in [2.24, 2.45) is 7.05 Å². The molecule has 0 amide bonds. The summed E-state index contributed by atoms with van der Waals surface area (Å²) in [6.07, 6.45) is 2.08. The van der Waals surface area contributed by atoms with Gasteiger partial charge in [-0.3, -0.25) is 10.1 Å². The van der Waals surface area contributed by atoms with Crippen LogP contribution in [0.15, 0.2) is 6.20 Å². The monoisotopic (exact) mass is 223 g/mol. The summed E-state index contributed by atoms with van der Waals surface area (Å²) in [6, 6.07) is 0. The molecule has 1 aliphatic heterocycles. The normalized spacial score (nSPS) is 19.2. The first kappa shape index (κ1) is 11.6. The third-order valence-corrected chi connectivity index (χ3v) is 3.11. The van der Waals surface area contributed by atoms with Crippen LogP contribution in [0.5, 0.6) is 0 Å². The van der Waals surface area contributed by atoms with Crippen molar-refractivity contribution in [2.75, 3.05) is 33.2 Å². The van der Waals surface area contributed by atoms with Crippen LogP contribution in [0.4, 0.5) is 0 Å². The van der Waals surface area contributed by atoms with Crippen LogP contribution in [0.1, 0.15) is 11.3 Å². The van der Waals surface area contributed by atoms with Gasteiger partial charge in [-0.15, -0.1) is 0 Å². The molecular formula is C11H21N5. The van der Waals surface area contributed by atoms with E-state index in [1.807, 2.05) is 11.7 Å². The van der Waals surface area contributed by atoms with Crippen LogP contribution in [0.25, 0.3) is 0 Å². The molecule has 5 heteroatoms. The average molecular weight is 223 g/mol.